The number of aryl methyl sites for hydroxylation is 1. The second kappa shape index (κ2) is 3.33. The third-order valence-electron chi connectivity index (χ3n) is 2.74. The van der Waals surface area contributed by atoms with Crippen LogP contribution in [0.5, 0.6) is 5.75 Å². The number of phenols is 1. The number of carbonyl (C=O) groups is 1. The van der Waals surface area contributed by atoms with Crippen LogP contribution in [0.2, 0.25) is 0 Å². The van der Waals surface area contributed by atoms with Crippen molar-refractivity contribution in [2.75, 3.05) is 0 Å². The minimum atomic E-state index is -0.795. The van der Waals surface area contributed by atoms with Gasteiger partial charge in [-0.05, 0) is 42.5 Å². The summed E-state index contributed by atoms with van der Waals surface area (Å²) in [6, 6.07) is 5.01. The molecule has 0 bridgehead atoms. The Balaban J connectivity index is 2.46. The summed E-state index contributed by atoms with van der Waals surface area (Å²) in [5.41, 5.74) is 1.84. The third kappa shape index (κ3) is 1.45. The molecule has 0 unspecified atom stereocenters. The van der Waals surface area contributed by atoms with Gasteiger partial charge in [-0.3, -0.25) is 4.79 Å². The Morgan fingerprint density at radius 3 is 2.93 bits per heavy atom. The van der Waals surface area contributed by atoms with Crippen molar-refractivity contribution in [2.45, 2.75) is 25.2 Å². The highest BCUT2D eigenvalue weighted by Gasteiger charge is 2.26. The lowest BCUT2D eigenvalue weighted by Crippen LogP contribution is -2.17. The molecule has 0 amide bonds. The van der Waals surface area contributed by atoms with Crippen LogP contribution in [0.25, 0.3) is 0 Å². The summed E-state index contributed by atoms with van der Waals surface area (Å²) in [7, 11) is 0. The Bertz CT molecular complexity index is 371. The van der Waals surface area contributed by atoms with Crippen LogP contribution in [0.3, 0.4) is 0 Å². The van der Waals surface area contributed by atoms with Gasteiger partial charge >= 0.3 is 5.97 Å². The standard InChI is InChI=1S/C11H12O3/c12-8-5-4-7-2-1-3-9(11(13)14)10(7)6-8/h4-6,9,12H,1-3H2,(H,13,14)/t9-/m1/s1. The molecule has 1 aromatic rings. The molecular weight excluding hydrogens is 180 g/mol. The van der Waals surface area contributed by atoms with Gasteiger partial charge in [-0.25, -0.2) is 0 Å². The van der Waals surface area contributed by atoms with Gasteiger partial charge in [0.2, 0.25) is 0 Å². The van der Waals surface area contributed by atoms with E-state index in [9.17, 15) is 9.90 Å². The van der Waals surface area contributed by atoms with E-state index in [0.29, 0.717) is 6.42 Å². The molecule has 2 N–H and O–H groups in total. The number of hydrogen-bond donors (Lipinski definition) is 2. The molecule has 2 rings (SSSR count). The number of carboxylic acids is 1. The molecule has 3 heteroatoms. The van der Waals surface area contributed by atoms with Crippen LogP contribution >= 0.6 is 0 Å². The van der Waals surface area contributed by atoms with Crippen molar-refractivity contribution in [3.63, 3.8) is 0 Å². The molecular formula is C11H12O3. The SMILES string of the molecule is O=C(O)[C@@H]1CCCc2ccc(O)cc21. The Morgan fingerprint density at radius 1 is 1.43 bits per heavy atom. The van der Waals surface area contributed by atoms with Crippen molar-refractivity contribution in [3.05, 3.63) is 29.3 Å². The zero-order valence-electron chi connectivity index (χ0n) is 7.73. The molecule has 0 fully saturated rings. The molecule has 1 aliphatic rings. The van der Waals surface area contributed by atoms with E-state index in [1.807, 2.05) is 6.07 Å². The Hall–Kier alpha value is -1.51. The zero-order valence-corrected chi connectivity index (χ0v) is 7.73. The first-order chi connectivity index (χ1) is 6.68. The molecule has 0 radical (unpaired) electrons. The molecule has 0 saturated carbocycles. The average molecular weight is 192 g/mol. The van der Waals surface area contributed by atoms with Gasteiger partial charge in [0.15, 0.2) is 0 Å². The van der Waals surface area contributed by atoms with Crippen molar-refractivity contribution < 1.29 is 15.0 Å². The average Bonchev–Trinajstić information content (AvgIpc) is 2.16. The Kier molecular flexibility index (Phi) is 2.15. The molecule has 0 aromatic heterocycles. The largest absolute Gasteiger partial charge is 0.508 e. The van der Waals surface area contributed by atoms with Gasteiger partial charge in [-0.15, -0.1) is 0 Å². The van der Waals surface area contributed by atoms with E-state index in [1.165, 1.54) is 0 Å². The molecule has 0 spiro atoms. The van der Waals surface area contributed by atoms with Crippen molar-refractivity contribution in [3.8, 4) is 5.75 Å². The summed E-state index contributed by atoms with van der Waals surface area (Å²) in [6.45, 7) is 0. The summed E-state index contributed by atoms with van der Waals surface area (Å²) in [4.78, 5) is 10.9. The maximum absolute atomic E-state index is 10.9. The first kappa shape index (κ1) is 9.06. The number of fused-ring (bicyclic) bond motifs is 1. The van der Waals surface area contributed by atoms with E-state index in [2.05, 4.69) is 0 Å². The van der Waals surface area contributed by atoms with E-state index in [0.717, 1.165) is 24.0 Å². The quantitative estimate of drug-likeness (QED) is 0.714. The predicted molar refractivity (Wildman–Crippen MR) is 51.4 cm³/mol. The number of rotatable bonds is 1. The van der Waals surface area contributed by atoms with Gasteiger partial charge < -0.3 is 10.2 Å². The highest BCUT2D eigenvalue weighted by molar-refractivity contribution is 5.77. The Morgan fingerprint density at radius 2 is 2.21 bits per heavy atom. The van der Waals surface area contributed by atoms with Crippen molar-refractivity contribution in [1.29, 1.82) is 0 Å². The van der Waals surface area contributed by atoms with Crippen LogP contribution < -0.4 is 0 Å². The fraction of sp³-hybridized carbons (Fsp3) is 0.364. The molecule has 3 nitrogen and oxygen atoms in total. The molecule has 14 heavy (non-hydrogen) atoms. The van der Waals surface area contributed by atoms with Crippen molar-refractivity contribution in [2.24, 2.45) is 0 Å². The van der Waals surface area contributed by atoms with E-state index >= 15 is 0 Å². The topological polar surface area (TPSA) is 57.5 Å². The lowest BCUT2D eigenvalue weighted by atomic mass is 9.83. The van der Waals surface area contributed by atoms with Gasteiger partial charge in [0.1, 0.15) is 5.75 Å². The van der Waals surface area contributed by atoms with Crippen LogP contribution in [0.4, 0.5) is 0 Å². The number of aromatic hydroxyl groups is 1. The zero-order chi connectivity index (χ0) is 10.1. The van der Waals surface area contributed by atoms with Crippen molar-refractivity contribution >= 4 is 5.97 Å². The summed E-state index contributed by atoms with van der Waals surface area (Å²) in [6.07, 6.45) is 2.50. The van der Waals surface area contributed by atoms with E-state index in [1.54, 1.807) is 12.1 Å². The molecule has 1 atom stereocenters. The summed E-state index contributed by atoms with van der Waals surface area (Å²) < 4.78 is 0. The van der Waals surface area contributed by atoms with E-state index in [4.69, 9.17) is 5.11 Å². The number of aliphatic carboxylic acids is 1. The van der Waals surface area contributed by atoms with Gasteiger partial charge in [0, 0.05) is 0 Å². The van der Waals surface area contributed by atoms with Crippen LogP contribution in [0.15, 0.2) is 18.2 Å². The number of hydrogen-bond acceptors (Lipinski definition) is 2. The molecule has 0 aliphatic heterocycles. The van der Waals surface area contributed by atoms with Crippen molar-refractivity contribution in [1.82, 2.24) is 0 Å². The van der Waals surface area contributed by atoms with E-state index in [-0.39, 0.29) is 5.75 Å². The molecule has 1 aliphatic carbocycles. The maximum Gasteiger partial charge on any atom is 0.310 e. The van der Waals surface area contributed by atoms with Crippen LogP contribution in [0, 0.1) is 0 Å². The summed E-state index contributed by atoms with van der Waals surface area (Å²) in [5, 5.41) is 18.3. The van der Waals surface area contributed by atoms with Gasteiger partial charge in [0.05, 0.1) is 5.92 Å². The number of phenolic OH excluding ortho intramolecular Hbond substituents is 1. The van der Waals surface area contributed by atoms with E-state index < -0.39 is 11.9 Å². The number of carboxylic acid groups (broad SMARTS) is 1. The maximum atomic E-state index is 10.9. The minimum Gasteiger partial charge on any atom is -0.508 e. The van der Waals surface area contributed by atoms with Crippen LogP contribution in [0.1, 0.15) is 29.9 Å². The molecule has 0 saturated heterocycles. The Labute approximate surface area is 82.0 Å². The summed E-state index contributed by atoms with van der Waals surface area (Å²) >= 11 is 0. The first-order valence-corrected chi connectivity index (χ1v) is 4.73. The second-order valence-corrected chi connectivity index (χ2v) is 3.67. The normalized spacial score (nSPS) is 20.1. The highest BCUT2D eigenvalue weighted by Crippen LogP contribution is 2.33. The predicted octanol–water partition coefficient (Wildman–Crippen LogP) is 1.90. The third-order valence-corrected chi connectivity index (χ3v) is 2.74. The lowest BCUT2D eigenvalue weighted by Gasteiger charge is -2.22. The summed E-state index contributed by atoms with van der Waals surface area (Å²) in [5.74, 6) is -1.08. The minimum absolute atomic E-state index is 0.150. The van der Waals surface area contributed by atoms with Gasteiger partial charge in [0.25, 0.3) is 0 Å². The second-order valence-electron chi connectivity index (χ2n) is 3.67. The monoisotopic (exact) mass is 192 g/mol. The fourth-order valence-corrected chi connectivity index (χ4v) is 2.04. The van der Waals surface area contributed by atoms with Crippen LogP contribution in [-0.4, -0.2) is 16.2 Å². The smallest absolute Gasteiger partial charge is 0.310 e. The molecule has 74 valence electrons. The van der Waals surface area contributed by atoms with Gasteiger partial charge in [-0.2, -0.15) is 0 Å². The highest BCUT2D eigenvalue weighted by atomic mass is 16.4. The fourth-order valence-electron chi connectivity index (χ4n) is 2.04. The lowest BCUT2D eigenvalue weighted by molar-refractivity contribution is -0.139. The first-order valence-electron chi connectivity index (χ1n) is 4.73. The number of benzene rings is 1. The molecule has 0 heterocycles. The molecule has 1 aromatic carbocycles. The van der Waals surface area contributed by atoms with Crippen LogP contribution in [-0.2, 0) is 11.2 Å². The van der Waals surface area contributed by atoms with Gasteiger partial charge in [-0.1, -0.05) is 6.07 Å².